The van der Waals surface area contributed by atoms with Gasteiger partial charge in [-0.3, -0.25) is 0 Å². The molecule has 1 fully saturated rings. The Bertz CT molecular complexity index is 443. The normalized spacial score (nSPS) is 26.2. The molecule has 0 spiro atoms. The second-order valence-corrected chi connectivity index (χ2v) is 5.05. The molecule has 1 amide bonds. The van der Waals surface area contributed by atoms with Crippen LogP contribution in [0.5, 0.6) is 0 Å². The average molecular weight is 250 g/mol. The van der Waals surface area contributed by atoms with Crippen LogP contribution >= 0.6 is 0 Å². The second kappa shape index (κ2) is 4.26. The molecule has 1 saturated heterocycles. The Morgan fingerprint density at radius 1 is 1.28 bits per heavy atom. The number of amides is 1. The molecule has 1 unspecified atom stereocenters. The molecule has 18 heavy (non-hydrogen) atoms. The summed E-state index contributed by atoms with van der Waals surface area (Å²) >= 11 is 0. The molecule has 0 aliphatic carbocycles. The number of ether oxygens (including phenoxy) is 1. The molecule has 98 valence electrons. The quantitative estimate of drug-likeness (QED) is 0.856. The monoisotopic (exact) mass is 250 g/mol. The number of benzene rings is 1. The second-order valence-electron chi connectivity index (χ2n) is 5.05. The van der Waals surface area contributed by atoms with Crippen LogP contribution in [0.3, 0.4) is 0 Å². The largest absolute Gasteiger partial charge is 0.437 e. The summed E-state index contributed by atoms with van der Waals surface area (Å²) in [7, 11) is 0. The SMILES string of the molecule is CC1(C)OC(=O)N(NCc2ccccc2)C1(C)O. The molecule has 1 aromatic carbocycles. The van der Waals surface area contributed by atoms with Gasteiger partial charge < -0.3 is 9.84 Å². The minimum Gasteiger partial charge on any atom is -0.437 e. The van der Waals surface area contributed by atoms with Crippen molar-refractivity contribution in [3.63, 3.8) is 0 Å². The van der Waals surface area contributed by atoms with Crippen molar-refractivity contribution in [1.82, 2.24) is 10.4 Å². The van der Waals surface area contributed by atoms with Crippen LogP contribution in [0.2, 0.25) is 0 Å². The van der Waals surface area contributed by atoms with Crippen molar-refractivity contribution in [1.29, 1.82) is 0 Å². The van der Waals surface area contributed by atoms with Crippen molar-refractivity contribution in [2.75, 3.05) is 0 Å². The molecule has 1 atom stereocenters. The maximum Gasteiger partial charge on any atom is 0.427 e. The fraction of sp³-hybridized carbons (Fsp3) is 0.462. The molecule has 0 radical (unpaired) electrons. The molecule has 0 aromatic heterocycles. The van der Waals surface area contributed by atoms with Gasteiger partial charge in [0.05, 0.1) is 0 Å². The number of hydrogen-bond donors (Lipinski definition) is 2. The first kappa shape index (κ1) is 12.9. The lowest BCUT2D eigenvalue weighted by atomic mass is 9.97. The van der Waals surface area contributed by atoms with Gasteiger partial charge in [0.15, 0.2) is 11.3 Å². The maximum absolute atomic E-state index is 11.7. The molecule has 1 heterocycles. The van der Waals surface area contributed by atoms with Crippen molar-refractivity contribution in [3.8, 4) is 0 Å². The summed E-state index contributed by atoms with van der Waals surface area (Å²) in [6.07, 6.45) is -0.569. The van der Waals surface area contributed by atoms with E-state index in [4.69, 9.17) is 4.74 Å². The highest BCUT2D eigenvalue weighted by Gasteiger charge is 2.56. The third-order valence-electron chi connectivity index (χ3n) is 3.39. The van der Waals surface area contributed by atoms with Crippen LogP contribution in [0.15, 0.2) is 30.3 Å². The summed E-state index contributed by atoms with van der Waals surface area (Å²) in [5.74, 6) is 0. The van der Waals surface area contributed by atoms with Crippen LogP contribution in [0, 0.1) is 0 Å². The highest BCUT2D eigenvalue weighted by molar-refractivity contribution is 5.71. The molecule has 1 aliphatic rings. The molecule has 2 N–H and O–H groups in total. The first-order chi connectivity index (χ1) is 8.34. The van der Waals surface area contributed by atoms with Gasteiger partial charge in [0, 0.05) is 6.54 Å². The van der Waals surface area contributed by atoms with E-state index in [1.165, 1.54) is 0 Å². The van der Waals surface area contributed by atoms with E-state index in [0.717, 1.165) is 10.6 Å². The summed E-state index contributed by atoms with van der Waals surface area (Å²) in [5, 5.41) is 11.5. The van der Waals surface area contributed by atoms with E-state index >= 15 is 0 Å². The Morgan fingerprint density at radius 3 is 2.39 bits per heavy atom. The van der Waals surface area contributed by atoms with Crippen molar-refractivity contribution < 1.29 is 14.6 Å². The van der Waals surface area contributed by atoms with Gasteiger partial charge in [0.2, 0.25) is 0 Å². The van der Waals surface area contributed by atoms with Crippen LogP contribution in [-0.4, -0.2) is 27.5 Å². The zero-order valence-corrected chi connectivity index (χ0v) is 10.8. The van der Waals surface area contributed by atoms with Gasteiger partial charge in [0.1, 0.15) is 0 Å². The van der Waals surface area contributed by atoms with Crippen LogP contribution in [0.1, 0.15) is 26.3 Å². The standard InChI is InChI=1S/C13H18N2O3/c1-12(2)13(3,17)15(11(16)18-12)14-9-10-7-5-4-6-8-10/h4-8,14,17H,9H2,1-3H3. The Labute approximate surface area is 106 Å². The third-order valence-corrected chi connectivity index (χ3v) is 3.39. The van der Waals surface area contributed by atoms with Gasteiger partial charge in [-0.15, -0.1) is 0 Å². The molecule has 2 rings (SSSR count). The molecule has 5 nitrogen and oxygen atoms in total. The van der Waals surface area contributed by atoms with Gasteiger partial charge >= 0.3 is 6.09 Å². The smallest absolute Gasteiger partial charge is 0.427 e. The molecule has 1 aromatic rings. The molecular weight excluding hydrogens is 232 g/mol. The molecule has 0 bridgehead atoms. The van der Waals surface area contributed by atoms with Gasteiger partial charge in [-0.25, -0.2) is 15.2 Å². The minimum atomic E-state index is -1.39. The first-order valence-electron chi connectivity index (χ1n) is 5.87. The number of hydrazine groups is 1. The number of aliphatic hydroxyl groups is 1. The van der Waals surface area contributed by atoms with E-state index in [1.54, 1.807) is 20.8 Å². The summed E-state index contributed by atoms with van der Waals surface area (Å²) < 4.78 is 5.14. The summed E-state index contributed by atoms with van der Waals surface area (Å²) in [6, 6.07) is 9.64. The average Bonchev–Trinajstić information content (AvgIpc) is 2.43. The maximum atomic E-state index is 11.7. The first-order valence-corrected chi connectivity index (χ1v) is 5.87. The number of nitrogens with zero attached hydrogens (tertiary/aromatic N) is 1. The van der Waals surface area contributed by atoms with Crippen LogP contribution in [0.4, 0.5) is 4.79 Å². The van der Waals surface area contributed by atoms with E-state index in [9.17, 15) is 9.90 Å². The van der Waals surface area contributed by atoms with E-state index in [0.29, 0.717) is 6.54 Å². The van der Waals surface area contributed by atoms with Crippen molar-refractivity contribution in [2.24, 2.45) is 0 Å². The predicted octanol–water partition coefficient (Wildman–Crippen LogP) is 1.63. The summed E-state index contributed by atoms with van der Waals surface area (Å²) in [4.78, 5) is 11.7. The molecular formula is C13H18N2O3. The summed E-state index contributed by atoms with van der Waals surface area (Å²) in [5.41, 5.74) is 1.58. The van der Waals surface area contributed by atoms with Crippen molar-refractivity contribution >= 4 is 6.09 Å². The van der Waals surface area contributed by atoms with E-state index in [1.807, 2.05) is 30.3 Å². The van der Waals surface area contributed by atoms with Crippen LogP contribution in [-0.2, 0) is 11.3 Å². The number of nitrogens with one attached hydrogen (secondary N) is 1. The van der Waals surface area contributed by atoms with Gasteiger partial charge in [-0.2, -0.15) is 0 Å². The molecule has 0 saturated carbocycles. The van der Waals surface area contributed by atoms with Gasteiger partial charge in [-0.05, 0) is 26.3 Å². The van der Waals surface area contributed by atoms with E-state index in [2.05, 4.69) is 5.43 Å². The lowest BCUT2D eigenvalue weighted by Gasteiger charge is -2.34. The number of rotatable bonds is 3. The van der Waals surface area contributed by atoms with Crippen LogP contribution < -0.4 is 5.43 Å². The zero-order chi connectivity index (χ0) is 13.4. The number of hydrogen-bond acceptors (Lipinski definition) is 4. The molecule has 5 heteroatoms. The van der Waals surface area contributed by atoms with Crippen molar-refractivity contribution in [2.45, 2.75) is 38.6 Å². The fourth-order valence-electron chi connectivity index (χ4n) is 1.79. The summed E-state index contributed by atoms with van der Waals surface area (Å²) in [6.45, 7) is 5.35. The van der Waals surface area contributed by atoms with Gasteiger partial charge in [-0.1, -0.05) is 30.3 Å². The Balaban J connectivity index is 2.08. The number of carbonyl (C=O) groups excluding carboxylic acids is 1. The number of carbonyl (C=O) groups is 1. The highest BCUT2D eigenvalue weighted by atomic mass is 16.6. The van der Waals surface area contributed by atoms with E-state index in [-0.39, 0.29) is 0 Å². The van der Waals surface area contributed by atoms with Crippen LogP contribution in [0.25, 0.3) is 0 Å². The fourth-order valence-corrected chi connectivity index (χ4v) is 1.79. The number of cyclic esters (lactones) is 1. The minimum absolute atomic E-state index is 0.447. The molecule has 1 aliphatic heterocycles. The Kier molecular flexibility index (Phi) is 3.04. The third kappa shape index (κ3) is 2.07. The lowest BCUT2D eigenvalue weighted by Crippen LogP contribution is -2.58. The lowest BCUT2D eigenvalue weighted by molar-refractivity contribution is -0.141. The Hall–Kier alpha value is -1.59. The Morgan fingerprint density at radius 2 is 1.89 bits per heavy atom. The highest BCUT2D eigenvalue weighted by Crippen LogP contribution is 2.35. The van der Waals surface area contributed by atoms with Crippen molar-refractivity contribution in [3.05, 3.63) is 35.9 Å². The zero-order valence-electron chi connectivity index (χ0n) is 10.8. The topological polar surface area (TPSA) is 61.8 Å². The van der Waals surface area contributed by atoms with E-state index < -0.39 is 17.4 Å². The van der Waals surface area contributed by atoms with Gasteiger partial charge in [0.25, 0.3) is 0 Å². The predicted molar refractivity (Wildman–Crippen MR) is 66.3 cm³/mol.